The third-order valence-electron chi connectivity index (χ3n) is 5.50. The second kappa shape index (κ2) is 10.0. The number of nitrogens with zero attached hydrogens (tertiary/aromatic N) is 1. The molecule has 0 heterocycles. The fourth-order valence-corrected chi connectivity index (χ4v) is 4.33. The average Bonchev–Trinajstić information content (AvgIpc) is 2.78. The number of amides is 1. The van der Waals surface area contributed by atoms with Gasteiger partial charge >= 0.3 is 0 Å². The van der Waals surface area contributed by atoms with Crippen molar-refractivity contribution >= 4 is 21.6 Å². The van der Waals surface area contributed by atoms with Gasteiger partial charge in [0.2, 0.25) is 10.0 Å². The quantitative estimate of drug-likeness (QED) is 0.524. The molecule has 0 aliphatic carbocycles. The first-order valence-electron chi connectivity index (χ1n) is 10.7. The van der Waals surface area contributed by atoms with Gasteiger partial charge in [0.15, 0.2) is 0 Å². The molecule has 32 heavy (non-hydrogen) atoms. The van der Waals surface area contributed by atoms with Gasteiger partial charge in [-0.05, 0) is 61.2 Å². The summed E-state index contributed by atoms with van der Waals surface area (Å²) in [4.78, 5) is 12.7. The lowest BCUT2D eigenvalue weighted by Gasteiger charge is -2.23. The van der Waals surface area contributed by atoms with Crippen LogP contribution in [0.5, 0.6) is 0 Å². The Hall–Kier alpha value is -3.12. The van der Waals surface area contributed by atoms with Gasteiger partial charge in [0.25, 0.3) is 5.91 Å². The van der Waals surface area contributed by atoms with Crippen molar-refractivity contribution in [2.75, 3.05) is 10.6 Å². The van der Waals surface area contributed by atoms with Crippen LogP contribution in [-0.4, -0.2) is 20.6 Å². The molecule has 6 heteroatoms. The van der Waals surface area contributed by atoms with E-state index in [9.17, 15) is 13.2 Å². The number of hydrogen-bond donors (Lipinski definition) is 1. The Morgan fingerprint density at radius 2 is 1.47 bits per heavy atom. The van der Waals surface area contributed by atoms with E-state index < -0.39 is 10.0 Å². The molecule has 0 fully saturated rings. The van der Waals surface area contributed by atoms with Crippen LogP contribution in [0.4, 0.5) is 5.69 Å². The van der Waals surface area contributed by atoms with E-state index in [4.69, 9.17) is 0 Å². The molecule has 0 bridgehead atoms. The van der Waals surface area contributed by atoms with Gasteiger partial charge in [0.1, 0.15) is 0 Å². The van der Waals surface area contributed by atoms with Gasteiger partial charge in [0.05, 0.1) is 24.5 Å². The molecular weight excluding hydrogens is 420 g/mol. The number of nitrogens with one attached hydrogen (secondary N) is 1. The smallest absolute Gasteiger partial charge is 0.251 e. The van der Waals surface area contributed by atoms with Crippen molar-refractivity contribution in [3.8, 4) is 0 Å². The molecule has 1 unspecified atom stereocenters. The van der Waals surface area contributed by atoms with E-state index in [2.05, 4.69) is 24.4 Å². The maximum absolute atomic E-state index is 12.7. The summed E-state index contributed by atoms with van der Waals surface area (Å²) < 4.78 is 26.2. The second-order valence-corrected chi connectivity index (χ2v) is 10.00. The molecule has 0 saturated heterocycles. The fourth-order valence-electron chi connectivity index (χ4n) is 3.44. The summed E-state index contributed by atoms with van der Waals surface area (Å²) in [5, 5.41) is 3.00. The predicted molar refractivity (Wildman–Crippen MR) is 130 cm³/mol. The van der Waals surface area contributed by atoms with Gasteiger partial charge in [-0.1, -0.05) is 61.0 Å². The molecule has 1 atom stereocenters. The third kappa shape index (κ3) is 5.98. The second-order valence-electron chi connectivity index (χ2n) is 8.09. The Labute approximate surface area is 191 Å². The van der Waals surface area contributed by atoms with E-state index in [0.29, 0.717) is 11.3 Å². The summed E-state index contributed by atoms with van der Waals surface area (Å²) in [7, 11) is -3.49. The molecule has 0 aliphatic rings. The summed E-state index contributed by atoms with van der Waals surface area (Å²) in [5.74, 6) is -0.201. The van der Waals surface area contributed by atoms with Crippen LogP contribution in [0.2, 0.25) is 0 Å². The highest BCUT2D eigenvalue weighted by Crippen LogP contribution is 2.22. The van der Waals surface area contributed by atoms with E-state index in [0.717, 1.165) is 23.1 Å². The molecule has 0 saturated carbocycles. The van der Waals surface area contributed by atoms with Crippen LogP contribution in [0.25, 0.3) is 0 Å². The summed E-state index contributed by atoms with van der Waals surface area (Å²) in [5.41, 5.74) is 5.30. The first kappa shape index (κ1) is 23.5. The maximum atomic E-state index is 12.7. The minimum absolute atomic E-state index is 0.137. The highest BCUT2D eigenvalue weighted by molar-refractivity contribution is 7.92. The zero-order chi connectivity index (χ0) is 23.3. The average molecular weight is 451 g/mol. The van der Waals surface area contributed by atoms with Crippen molar-refractivity contribution in [2.24, 2.45) is 0 Å². The fraction of sp³-hybridized carbons (Fsp3) is 0.269. The number of benzene rings is 3. The van der Waals surface area contributed by atoms with Gasteiger partial charge in [0, 0.05) is 5.56 Å². The first-order chi connectivity index (χ1) is 15.2. The van der Waals surface area contributed by atoms with Crippen LogP contribution in [0.1, 0.15) is 52.5 Å². The molecule has 3 rings (SSSR count). The van der Waals surface area contributed by atoms with Crippen molar-refractivity contribution in [1.82, 2.24) is 5.32 Å². The standard InChI is InChI=1S/C26H30N2O3S/c1-5-21-10-12-23(13-11-21)20(3)27-26(29)24-14-16-25(17-15-24)28(32(4,30)31)18-22-8-6-19(2)7-9-22/h6-17,20H,5,18H2,1-4H3,(H,27,29). The molecule has 168 valence electrons. The lowest BCUT2D eigenvalue weighted by Crippen LogP contribution is -2.29. The molecule has 0 aromatic heterocycles. The lowest BCUT2D eigenvalue weighted by molar-refractivity contribution is 0.0940. The molecule has 0 aliphatic heterocycles. The van der Waals surface area contributed by atoms with Gasteiger partial charge in [-0.2, -0.15) is 0 Å². The van der Waals surface area contributed by atoms with Crippen molar-refractivity contribution in [1.29, 1.82) is 0 Å². The highest BCUT2D eigenvalue weighted by atomic mass is 32.2. The van der Waals surface area contributed by atoms with Gasteiger partial charge in [-0.25, -0.2) is 8.42 Å². The number of aryl methyl sites for hydroxylation is 2. The van der Waals surface area contributed by atoms with Gasteiger partial charge in [-0.3, -0.25) is 9.10 Å². The summed E-state index contributed by atoms with van der Waals surface area (Å²) in [6.45, 7) is 6.27. The van der Waals surface area contributed by atoms with Crippen molar-refractivity contribution in [3.05, 3.63) is 101 Å². The number of carbonyl (C=O) groups is 1. The zero-order valence-electron chi connectivity index (χ0n) is 19.0. The maximum Gasteiger partial charge on any atom is 0.251 e. The molecule has 3 aromatic carbocycles. The Balaban J connectivity index is 1.73. The number of sulfonamides is 1. The third-order valence-corrected chi connectivity index (χ3v) is 6.64. The van der Waals surface area contributed by atoms with E-state index in [1.807, 2.05) is 50.2 Å². The van der Waals surface area contributed by atoms with Crippen LogP contribution in [0.3, 0.4) is 0 Å². The Morgan fingerprint density at radius 3 is 2.00 bits per heavy atom. The van der Waals surface area contributed by atoms with Crippen molar-refractivity contribution in [2.45, 2.75) is 39.8 Å². The molecule has 3 aromatic rings. The highest BCUT2D eigenvalue weighted by Gasteiger charge is 2.19. The lowest BCUT2D eigenvalue weighted by atomic mass is 10.0. The minimum Gasteiger partial charge on any atom is -0.346 e. The SMILES string of the molecule is CCc1ccc(C(C)NC(=O)c2ccc(N(Cc3ccc(C)cc3)S(C)(=O)=O)cc2)cc1. The molecule has 0 radical (unpaired) electrons. The molecular formula is C26H30N2O3S. The van der Waals surface area contributed by atoms with Crippen molar-refractivity contribution in [3.63, 3.8) is 0 Å². The largest absolute Gasteiger partial charge is 0.346 e. The summed E-state index contributed by atoms with van der Waals surface area (Å²) >= 11 is 0. The van der Waals surface area contributed by atoms with Crippen LogP contribution < -0.4 is 9.62 Å². The Bertz CT molecular complexity index is 1150. The van der Waals surface area contributed by atoms with Crippen LogP contribution in [-0.2, 0) is 23.0 Å². The summed E-state index contributed by atoms with van der Waals surface area (Å²) in [6, 6.07) is 22.5. The number of carbonyl (C=O) groups excluding carboxylic acids is 1. The Kier molecular flexibility index (Phi) is 7.36. The van der Waals surface area contributed by atoms with Crippen LogP contribution in [0, 0.1) is 6.92 Å². The van der Waals surface area contributed by atoms with Gasteiger partial charge in [-0.15, -0.1) is 0 Å². The molecule has 1 amide bonds. The van der Waals surface area contributed by atoms with Crippen molar-refractivity contribution < 1.29 is 13.2 Å². The molecule has 1 N–H and O–H groups in total. The minimum atomic E-state index is -3.49. The predicted octanol–water partition coefficient (Wildman–Crippen LogP) is 5.01. The van der Waals surface area contributed by atoms with E-state index in [-0.39, 0.29) is 18.5 Å². The summed E-state index contributed by atoms with van der Waals surface area (Å²) in [6.07, 6.45) is 2.16. The van der Waals surface area contributed by atoms with Crippen LogP contribution >= 0.6 is 0 Å². The monoisotopic (exact) mass is 450 g/mol. The van der Waals surface area contributed by atoms with E-state index in [1.54, 1.807) is 24.3 Å². The molecule has 5 nitrogen and oxygen atoms in total. The zero-order valence-corrected chi connectivity index (χ0v) is 19.8. The van der Waals surface area contributed by atoms with E-state index in [1.165, 1.54) is 16.1 Å². The van der Waals surface area contributed by atoms with Crippen LogP contribution in [0.15, 0.2) is 72.8 Å². The Morgan fingerprint density at radius 1 is 0.906 bits per heavy atom. The number of rotatable bonds is 8. The van der Waals surface area contributed by atoms with E-state index >= 15 is 0 Å². The number of anilines is 1. The van der Waals surface area contributed by atoms with Gasteiger partial charge < -0.3 is 5.32 Å². The number of hydrogen-bond acceptors (Lipinski definition) is 3. The first-order valence-corrected chi connectivity index (χ1v) is 12.5. The normalized spacial score (nSPS) is 12.2. The topological polar surface area (TPSA) is 66.5 Å². The molecule has 0 spiro atoms.